The van der Waals surface area contributed by atoms with E-state index in [4.69, 9.17) is 14.6 Å². The van der Waals surface area contributed by atoms with Gasteiger partial charge in [0.25, 0.3) is 0 Å². The first kappa shape index (κ1) is 16.7. The highest BCUT2D eigenvalue weighted by atomic mass is 19.4. The number of carbonyl (C=O) groups is 1. The molecule has 4 nitrogen and oxygen atoms in total. The van der Waals surface area contributed by atoms with Gasteiger partial charge in [-0.15, -0.1) is 0 Å². The van der Waals surface area contributed by atoms with Crippen molar-refractivity contribution in [1.82, 2.24) is 0 Å². The number of carboxylic acid groups (broad SMARTS) is 1. The van der Waals surface area contributed by atoms with E-state index in [-0.39, 0.29) is 24.2 Å². The molecule has 3 atom stereocenters. The van der Waals surface area contributed by atoms with Crippen molar-refractivity contribution in [3.8, 4) is 11.5 Å². The molecule has 0 saturated heterocycles. The first-order chi connectivity index (χ1) is 12.3. The van der Waals surface area contributed by atoms with Gasteiger partial charge in [-0.2, -0.15) is 13.2 Å². The maximum absolute atomic E-state index is 13.3. The molecule has 26 heavy (non-hydrogen) atoms. The monoisotopic (exact) mass is 368 g/mol. The van der Waals surface area contributed by atoms with Gasteiger partial charge in [-0.1, -0.05) is 12.1 Å². The molecule has 0 spiro atoms. The van der Waals surface area contributed by atoms with Gasteiger partial charge in [-0.05, 0) is 23.8 Å². The molecule has 1 fully saturated rings. The number of alkyl halides is 3. The molecule has 3 unspecified atom stereocenters. The molecule has 1 saturated carbocycles. The number of carboxylic acids is 1. The lowest BCUT2D eigenvalue weighted by Gasteiger charge is -2.12. The molecule has 2 aliphatic rings. The van der Waals surface area contributed by atoms with E-state index in [2.05, 4.69) is 0 Å². The molecule has 1 aliphatic heterocycles. The van der Waals surface area contributed by atoms with Crippen molar-refractivity contribution < 1.29 is 36.9 Å². The molecule has 1 aliphatic carbocycles. The van der Waals surface area contributed by atoms with Crippen molar-refractivity contribution in [2.75, 3.05) is 0 Å². The minimum atomic E-state index is -4.77. The second-order valence-electron chi connectivity index (χ2n) is 6.27. The van der Waals surface area contributed by atoms with Crippen LogP contribution in [0.4, 0.5) is 17.6 Å². The highest BCUT2D eigenvalue weighted by Gasteiger charge is 2.63. The summed E-state index contributed by atoms with van der Waals surface area (Å²) in [5, 5.41) is 9.04. The molecule has 1 N–H and O–H groups in total. The third-order valence-corrected chi connectivity index (χ3v) is 4.59. The van der Waals surface area contributed by atoms with E-state index in [1.54, 1.807) is 18.2 Å². The molecule has 4 rings (SSSR count). The summed E-state index contributed by atoms with van der Waals surface area (Å²) in [5.74, 6) is -2.04. The summed E-state index contributed by atoms with van der Waals surface area (Å²) in [5.41, 5.74) is -0.375. The summed E-state index contributed by atoms with van der Waals surface area (Å²) < 4.78 is 62.5. The summed E-state index contributed by atoms with van der Waals surface area (Å²) in [6.45, 7) is -0.174. The van der Waals surface area contributed by atoms with Gasteiger partial charge in [0.15, 0.2) is 0 Å². The third kappa shape index (κ3) is 2.75. The predicted molar refractivity (Wildman–Crippen MR) is 80.5 cm³/mol. The fourth-order valence-corrected chi connectivity index (χ4v) is 3.27. The molecule has 0 amide bonds. The number of benzene rings is 2. The van der Waals surface area contributed by atoms with E-state index in [0.29, 0.717) is 17.6 Å². The highest BCUT2D eigenvalue weighted by molar-refractivity contribution is 5.79. The molecular weight excluding hydrogens is 356 g/mol. The van der Waals surface area contributed by atoms with E-state index in [9.17, 15) is 22.4 Å². The zero-order chi connectivity index (χ0) is 18.6. The van der Waals surface area contributed by atoms with E-state index in [1.807, 2.05) is 0 Å². The van der Waals surface area contributed by atoms with Crippen LogP contribution in [0.15, 0.2) is 36.4 Å². The van der Waals surface area contributed by atoms with Gasteiger partial charge < -0.3 is 14.6 Å². The minimum Gasteiger partial charge on any atom is -0.489 e. The Balaban J connectivity index is 1.46. The smallest absolute Gasteiger partial charge is 0.419 e. The Morgan fingerprint density at radius 1 is 1.19 bits per heavy atom. The molecule has 2 aromatic carbocycles. The molecule has 0 radical (unpaired) electrons. The summed E-state index contributed by atoms with van der Waals surface area (Å²) in [6.07, 6.45) is -5.15. The fourth-order valence-electron chi connectivity index (χ4n) is 3.27. The normalized spacial score (nSPS) is 23.0. The van der Waals surface area contributed by atoms with Crippen molar-refractivity contribution in [2.24, 2.45) is 5.92 Å². The van der Waals surface area contributed by atoms with Gasteiger partial charge in [-0.25, -0.2) is 4.39 Å². The van der Waals surface area contributed by atoms with Gasteiger partial charge in [0, 0.05) is 17.5 Å². The molecule has 1 heterocycles. The topological polar surface area (TPSA) is 55.8 Å². The Morgan fingerprint density at radius 3 is 2.65 bits per heavy atom. The van der Waals surface area contributed by atoms with Crippen LogP contribution in [0.1, 0.15) is 22.6 Å². The second-order valence-corrected chi connectivity index (χ2v) is 6.27. The molecule has 0 aromatic heterocycles. The molecular formula is C18H12F4O4. The summed E-state index contributed by atoms with van der Waals surface area (Å²) in [7, 11) is 0. The quantitative estimate of drug-likeness (QED) is 0.830. The largest absolute Gasteiger partial charge is 0.489 e. The van der Waals surface area contributed by atoms with Gasteiger partial charge in [0.05, 0.1) is 5.56 Å². The maximum Gasteiger partial charge on any atom is 0.419 e. The maximum atomic E-state index is 13.3. The Hall–Kier alpha value is -2.77. The van der Waals surface area contributed by atoms with Crippen LogP contribution in [0.25, 0.3) is 0 Å². The standard InChI is InChI=1S/C18H12F4O4/c19-12-4-1-8(5-11(12)18(20,21)22)7-25-9-2-3-10-13(6-9)26-16-14(10)15(16)17(23)24/h1-6,14-16H,7H2,(H,23,24). The Morgan fingerprint density at radius 2 is 1.96 bits per heavy atom. The number of hydrogen-bond acceptors (Lipinski definition) is 3. The van der Waals surface area contributed by atoms with Crippen molar-refractivity contribution in [3.63, 3.8) is 0 Å². The van der Waals surface area contributed by atoms with E-state index >= 15 is 0 Å². The van der Waals surface area contributed by atoms with Crippen LogP contribution in [-0.4, -0.2) is 17.2 Å². The number of rotatable bonds is 4. The van der Waals surface area contributed by atoms with Crippen LogP contribution in [0.2, 0.25) is 0 Å². The average Bonchev–Trinajstić information content (AvgIpc) is 3.16. The van der Waals surface area contributed by atoms with Gasteiger partial charge in [0.2, 0.25) is 0 Å². The lowest BCUT2D eigenvalue weighted by atomic mass is 10.1. The van der Waals surface area contributed by atoms with E-state index < -0.39 is 29.4 Å². The lowest BCUT2D eigenvalue weighted by molar-refractivity contribution is -0.140. The number of fused-ring (bicyclic) bond motifs is 3. The molecule has 8 heteroatoms. The Bertz CT molecular complexity index is 893. The lowest BCUT2D eigenvalue weighted by Crippen LogP contribution is -2.09. The average molecular weight is 368 g/mol. The molecule has 2 aromatic rings. The van der Waals surface area contributed by atoms with Crippen LogP contribution in [0.5, 0.6) is 11.5 Å². The molecule has 136 valence electrons. The Labute approximate surface area is 145 Å². The van der Waals surface area contributed by atoms with Crippen LogP contribution in [-0.2, 0) is 17.6 Å². The number of halogens is 4. The van der Waals surface area contributed by atoms with Crippen LogP contribution < -0.4 is 9.47 Å². The van der Waals surface area contributed by atoms with Crippen LogP contribution in [0, 0.1) is 11.7 Å². The zero-order valence-electron chi connectivity index (χ0n) is 13.1. The van der Waals surface area contributed by atoms with Gasteiger partial charge in [-0.3, -0.25) is 4.79 Å². The van der Waals surface area contributed by atoms with Crippen molar-refractivity contribution in [3.05, 3.63) is 58.9 Å². The van der Waals surface area contributed by atoms with Crippen molar-refractivity contribution in [1.29, 1.82) is 0 Å². The summed E-state index contributed by atoms with van der Waals surface area (Å²) >= 11 is 0. The van der Waals surface area contributed by atoms with Crippen molar-refractivity contribution in [2.45, 2.75) is 24.8 Å². The van der Waals surface area contributed by atoms with Crippen LogP contribution in [0.3, 0.4) is 0 Å². The number of ether oxygens (including phenoxy) is 2. The highest BCUT2D eigenvalue weighted by Crippen LogP contribution is 2.58. The van der Waals surface area contributed by atoms with E-state index in [0.717, 1.165) is 11.6 Å². The second kappa shape index (κ2) is 5.62. The summed E-state index contributed by atoms with van der Waals surface area (Å²) in [6, 6.07) is 7.58. The van der Waals surface area contributed by atoms with Gasteiger partial charge in [0.1, 0.15) is 35.9 Å². The van der Waals surface area contributed by atoms with E-state index in [1.165, 1.54) is 6.07 Å². The fraction of sp³-hybridized carbons (Fsp3) is 0.278. The van der Waals surface area contributed by atoms with Crippen LogP contribution >= 0.6 is 0 Å². The van der Waals surface area contributed by atoms with Gasteiger partial charge >= 0.3 is 12.1 Å². The molecule has 0 bridgehead atoms. The number of aliphatic carboxylic acids is 1. The minimum absolute atomic E-state index is 0.164. The third-order valence-electron chi connectivity index (χ3n) is 4.59. The summed E-state index contributed by atoms with van der Waals surface area (Å²) in [4.78, 5) is 11.0. The predicted octanol–water partition coefficient (Wildman–Crippen LogP) is 3.98. The first-order valence-corrected chi connectivity index (χ1v) is 7.77. The number of hydrogen-bond donors (Lipinski definition) is 1. The first-order valence-electron chi connectivity index (χ1n) is 7.77. The van der Waals surface area contributed by atoms with Crippen molar-refractivity contribution >= 4 is 5.97 Å². The zero-order valence-corrected chi connectivity index (χ0v) is 13.1. The Kier molecular flexibility index (Phi) is 3.61. The SMILES string of the molecule is O=C(O)C1C2Oc3cc(OCc4ccc(F)c(C(F)(F)F)c4)ccc3C21.